The average molecular weight is 441 g/mol. The third-order valence-corrected chi connectivity index (χ3v) is 5.81. The van der Waals surface area contributed by atoms with Crippen LogP contribution in [0.4, 0.5) is 11.4 Å². The van der Waals surface area contributed by atoms with E-state index >= 15 is 0 Å². The number of rotatable bonds is 4. The zero-order chi connectivity index (χ0) is 18.9. The molecule has 0 aromatic heterocycles. The highest BCUT2D eigenvalue weighted by Gasteiger charge is 2.27. The molecule has 26 heavy (non-hydrogen) atoms. The number of hydrogen-bond donors (Lipinski definition) is 0. The van der Waals surface area contributed by atoms with Gasteiger partial charge < -0.3 is 9.64 Å². The fourth-order valence-electron chi connectivity index (χ4n) is 2.94. The molecule has 2 aromatic carbocycles. The number of halogens is 1. The molecule has 0 saturated carbocycles. The van der Waals surface area contributed by atoms with Crippen LogP contribution in [0.25, 0.3) is 0 Å². The summed E-state index contributed by atoms with van der Waals surface area (Å²) in [6, 6.07) is 12.0. The summed E-state index contributed by atoms with van der Waals surface area (Å²) < 4.78 is 30.7. The zero-order valence-corrected chi connectivity index (χ0v) is 16.4. The maximum atomic E-state index is 12.0. The fraction of sp³-hybridized carbons (Fsp3) is 0.294. The van der Waals surface area contributed by atoms with Crippen LogP contribution < -0.4 is 4.90 Å². The van der Waals surface area contributed by atoms with Gasteiger partial charge in [0, 0.05) is 35.6 Å². The smallest absolute Gasteiger partial charge is 0.288 e. The lowest BCUT2D eigenvalue weighted by Crippen LogP contribution is -2.38. The SMILES string of the molecule is CS(=O)(=O)c1cc(N2CCOC(c3cccc(Br)c3)C2)ccc1[N+](=O)[O-]. The van der Waals surface area contributed by atoms with Crippen molar-refractivity contribution in [2.75, 3.05) is 30.9 Å². The first kappa shape index (κ1) is 18.8. The Kier molecular flexibility index (Phi) is 5.31. The Bertz CT molecular complexity index is 948. The summed E-state index contributed by atoms with van der Waals surface area (Å²) in [5.41, 5.74) is 1.22. The highest BCUT2D eigenvalue weighted by molar-refractivity contribution is 9.10. The van der Waals surface area contributed by atoms with Crippen molar-refractivity contribution in [3.8, 4) is 0 Å². The van der Waals surface area contributed by atoms with Crippen molar-refractivity contribution in [3.05, 3.63) is 62.6 Å². The number of hydrogen-bond acceptors (Lipinski definition) is 6. The number of morpholine rings is 1. The summed E-state index contributed by atoms with van der Waals surface area (Å²) in [5, 5.41) is 11.1. The highest BCUT2D eigenvalue weighted by Crippen LogP contribution is 2.32. The summed E-state index contributed by atoms with van der Waals surface area (Å²) in [6.45, 7) is 1.57. The van der Waals surface area contributed by atoms with Crippen LogP contribution in [0.5, 0.6) is 0 Å². The first-order valence-corrected chi connectivity index (χ1v) is 10.5. The molecule has 0 radical (unpaired) electrons. The third-order valence-electron chi connectivity index (χ3n) is 4.19. The lowest BCUT2D eigenvalue weighted by molar-refractivity contribution is -0.387. The van der Waals surface area contributed by atoms with Crippen molar-refractivity contribution >= 4 is 37.1 Å². The summed E-state index contributed by atoms with van der Waals surface area (Å²) >= 11 is 3.44. The van der Waals surface area contributed by atoms with Gasteiger partial charge in [-0.2, -0.15) is 0 Å². The predicted octanol–water partition coefficient (Wildman–Crippen LogP) is 3.34. The van der Waals surface area contributed by atoms with Gasteiger partial charge in [-0.3, -0.25) is 10.1 Å². The molecule has 1 saturated heterocycles. The molecule has 1 atom stereocenters. The molecule has 0 bridgehead atoms. The van der Waals surface area contributed by atoms with Gasteiger partial charge in [0.15, 0.2) is 9.84 Å². The Balaban J connectivity index is 1.92. The molecule has 1 aliphatic rings. The number of benzene rings is 2. The van der Waals surface area contributed by atoms with E-state index in [9.17, 15) is 18.5 Å². The van der Waals surface area contributed by atoms with Crippen LogP contribution in [0.15, 0.2) is 51.8 Å². The van der Waals surface area contributed by atoms with E-state index in [0.29, 0.717) is 25.4 Å². The summed E-state index contributed by atoms with van der Waals surface area (Å²) in [7, 11) is -3.72. The first-order valence-electron chi connectivity index (χ1n) is 7.86. The maximum absolute atomic E-state index is 12.0. The van der Waals surface area contributed by atoms with Gasteiger partial charge in [-0.05, 0) is 29.8 Å². The molecule has 2 aromatic rings. The van der Waals surface area contributed by atoms with Crippen LogP contribution in [0.2, 0.25) is 0 Å². The molecular formula is C17H17BrN2O5S. The second-order valence-corrected chi connectivity index (χ2v) is 8.94. The van der Waals surface area contributed by atoms with Crippen LogP contribution in [-0.2, 0) is 14.6 Å². The monoisotopic (exact) mass is 440 g/mol. The quantitative estimate of drug-likeness (QED) is 0.534. The zero-order valence-electron chi connectivity index (χ0n) is 14.0. The Morgan fingerprint density at radius 1 is 1.27 bits per heavy atom. The fourth-order valence-corrected chi connectivity index (χ4v) is 4.21. The largest absolute Gasteiger partial charge is 0.370 e. The van der Waals surface area contributed by atoms with Crippen molar-refractivity contribution < 1.29 is 18.1 Å². The number of sulfone groups is 1. The summed E-state index contributed by atoms with van der Waals surface area (Å²) in [6.07, 6.45) is 0.807. The Labute approximate surface area is 159 Å². The number of nitrogens with zero attached hydrogens (tertiary/aromatic N) is 2. The van der Waals surface area contributed by atoms with Crippen molar-refractivity contribution in [2.24, 2.45) is 0 Å². The van der Waals surface area contributed by atoms with E-state index in [2.05, 4.69) is 15.9 Å². The van der Waals surface area contributed by atoms with Gasteiger partial charge in [0.2, 0.25) is 0 Å². The Morgan fingerprint density at radius 2 is 2.04 bits per heavy atom. The van der Waals surface area contributed by atoms with Crippen LogP contribution in [0.1, 0.15) is 11.7 Å². The van der Waals surface area contributed by atoms with Crippen molar-refractivity contribution in [3.63, 3.8) is 0 Å². The second kappa shape index (κ2) is 7.34. The Morgan fingerprint density at radius 3 is 2.69 bits per heavy atom. The van der Waals surface area contributed by atoms with Crippen LogP contribution in [0.3, 0.4) is 0 Å². The van der Waals surface area contributed by atoms with Gasteiger partial charge in [-0.1, -0.05) is 28.1 Å². The maximum Gasteiger partial charge on any atom is 0.288 e. The Hall–Kier alpha value is -1.97. The minimum Gasteiger partial charge on any atom is -0.370 e. The van der Waals surface area contributed by atoms with Gasteiger partial charge >= 0.3 is 0 Å². The van der Waals surface area contributed by atoms with E-state index in [1.165, 1.54) is 12.1 Å². The van der Waals surface area contributed by atoms with E-state index in [1.807, 2.05) is 29.2 Å². The minimum absolute atomic E-state index is 0.168. The lowest BCUT2D eigenvalue weighted by Gasteiger charge is -2.35. The highest BCUT2D eigenvalue weighted by atomic mass is 79.9. The summed E-state index contributed by atoms with van der Waals surface area (Å²) in [5.74, 6) is 0. The molecule has 1 heterocycles. The molecule has 0 aliphatic carbocycles. The van der Waals surface area contributed by atoms with E-state index in [1.54, 1.807) is 6.07 Å². The molecule has 0 amide bonds. The molecular weight excluding hydrogens is 424 g/mol. The van der Waals surface area contributed by atoms with Gasteiger partial charge in [0.1, 0.15) is 11.0 Å². The minimum atomic E-state index is -3.72. The van der Waals surface area contributed by atoms with Gasteiger partial charge in [-0.15, -0.1) is 0 Å². The van der Waals surface area contributed by atoms with E-state index in [0.717, 1.165) is 16.3 Å². The molecule has 3 rings (SSSR count). The molecule has 0 N–H and O–H groups in total. The van der Waals surface area contributed by atoms with Gasteiger partial charge in [0.25, 0.3) is 5.69 Å². The number of nitro benzene ring substituents is 1. The van der Waals surface area contributed by atoms with E-state index in [-0.39, 0.29) is 11.0 Å². The normalized spacial score (nSPS) is 17.9. The lowest BCUT2D eigenvalue weighted by atomic mass is 10.1. The summed E-state index contributed by atoms with van der Waals surface area (Å²) in [4.78, 5) is 12.2. The van der Waals surface area contributed by atoms with Crippen LogP contribution >= 0.6 is 15.9 Å². The molecule has 0 spiro atoms. The first-order chi connectivity index (χ1) is 12.3. The van der Waals surface area contributed by atoms with E-state index in [4.69, 9.17) is 4.74 Å². The molecule has 9 heteroatoms. The molecule has 1 aliphatic heterocycles. The number of anilines is 1. The van der Waals surface area contributed by atoms with Crippen molar-refractivity contribution in [1.82, 2.24) is 0 Å². The predicted molar refractivity (Wildman–Crippen MR) is 101 cm³/mol. The second-order valence-electron chi connectivity index (χ2n) is 6.04. The molecule has 7 nitrogen and oxygen atoms in total. The van der Waals surface area contributed by atoms with Gasteiger partial charge in [-0.25, -0.2) is 8.42 Å². The number of ether oxygens (including phenoxy) is 1. The number of nitro groups is 1. The molecule has 138 valence electrons. The van der Waals surface area contributed by atoms with E-state index < -0.39 is 20.4 Å². The van der Waals surface area contributed by atoms with Crippen molar-refractivity contribution in [1.29, 1.82) is 0 Å². The average Bonchev–Trinajstić information content (AvgIpc) is 2.60. The molecule has 1 unspecified atom stereocenters. The topological polar surface area (TPSA) is 89.8 Å². The van der Waals surface area contributed by atoms with Gasteiger partial charge in [0.05, 0.1) is 11.5 Å². The standard InChI is InChI=1S/C17H17BrN2O5S/c1-26(23,24)17-10-14(5-6-15(17)20(21)22)19-7-8-25-16(11-19)12-3-2-4-13(18)9-12/h2-6,9-10,16H,7-8,11H2,1H3. The molecule has 1 fully saturated rings. The van der Waals surface area contributed by atoms with Crippen molar-refractivity contribution in [2.45, 2.75) is 11.0 Å². The van der Waals surface area contributed by atoms with Crippen LogP contribution in [0, 0.1) is 10.1 Å². The van der Waals surface area contributed by atoms with Crippen LogP contribution in [-0.4, -0.2) is 39.3 Å². The third kappa shape index (κ3) is 4.05.